The number of hydrogen-bond acceptors (Lipinski definition) is 3. The summed E-state index contributed by atoms with van der Waals surface area (Å²) < 4.78 is 2.23. The number of aryl methyl sites for hydroxylation is 1. The number of aromatic nitrogens is 1. The molecule has 0 amide bonds. The highest BCUT2D eigenvalue weighted by Gasteiger charge is 2.13. The molecule has 0 unspecified atom stereocenters. The number of nitrogens with zero attached hydrogens (tertiary/aromatic N) is 1. The number of rotatable bonds is 8. The molecule has 1 aromatic heterocycles. The standard InChI is InChI=1S/C28H30N4.C4H8/c1-4-8-22(19-30)13-14-23(18-26(31)21(3)9-7-16-29)32-27-11-6-5-10-24(27)25-17-20(2)12-15-28(25)32;1-3-4-2/h4-12,14-19,30H,1,13,29,31H2,2-3H3;3-4H,1-2H3/b16-7-,21-9+,22-8-,23-14+,26-18-,30-19?;4-3-. The van der Waals surface area contributed by atoms with Gasteiger partial charge in [-0.3, -0.25) is 0 Å². The van der Waals surface area contributed by atoms with Crippen LogP contribution in [0.3, 0.4) is 0 Å². The SMILES string of the molecule is C/C=C\C.C=C/C=C(\C=N)C\C=C(/C=C(N)/C(C)=C/C=C\N)n1c2ccccc2c2cc(C)ccc21. The van der Waals surface area contributed by atoms with Gasteiger partial charge in [-0.15, -0.1) is 0 Å². The van der Waals surface area contributed by atoms with Gasteiger partial charge in [-0.25, -0.2) is 0 Å². The third-order valence-corrected chi connectivity index (χ3v) is 5.70. The van der Waals surface area contributed by atoms with Gasteiger partial charge in [0.15, 0.2) is 0 Å². The molecule has 0 saturated carbocycles. The molecule has 0 spiro atoms. The molecule has 0 aliphatic carbocycles. The van der Waals surface area contributed by atoms with Crippen LogP contribution in [0, 0.1) is 12.3 Å². The summed E-state index contributed by atoms with van der Waals surface area (Å²) in [6, 6.07) is 14.9. The van der Waals surface area contributed by atoms with Crippen LogP contribution in [0.2, 0.25) is 0 Å². The topological polar surface area (TPSA) is 80.8 Å². The van der Waals surface area contributed by atoms with E-state index in [9.17, 15) is 0 Å². The van der Waals surface area contributed by atoms with Crippen molar-refractivity contribution >= 4 is 33.7 Å². The van der Waals surface area contributed by atoms with Gasteiger partial charge in [0.05, 0.1) is 11.0 Å². The number of nitrogens with one attached hydrogen (secondary N) is 1. The average Bonchev–Trinajstić information content (AvgIpc) is 3.22. The summed E-state index contributed by atoms with van der Waals surface area (Å²) in [4.78, 5) is 0. The average molecular weight is 479 g/mol. The van der Waals surface area contributed by atoms with Crippen molar-refractivity contribution in [3.63, 3.8) is 0 Å². The lowest BCUT2D eigenvalue weighted by atomic mass is 10.1. The smallest absolute Gasteiger partial charge is 0.0541 e. The van der Waals surface area contributed by atoms with Crippen LogP contribution in [0.5, 0.6) is 0 Å². The maximum absolute atomic E-state index is 7.71. The Kier molecular flexibility index (Phi) is 11.0. The zero-order chi connectivity index (χ0) is 26.5. The summed E-state index contributed by atoms with van der Waals surface area (Å²) in [5.41, 5.74) is 18.8. The van der Waals surface area contributed by atoms with Crippen LogP contribution in [0.1, 0.15) is 32.8 Å². The van der Waals surface area contributed by atoms with E-state index >= 15 is 0 Å². The third-order valence-electron chi connectivity index (χ3n) is 5.70. The molecule has 0 radical (unpaired) electrons. The van der Waals surface area contributed by atoms with Gasteiger partial charge in [-0.05, 0) is 81.8 Å². The van der Waals surface area contributed by atoms with Crippen LogP contribution in [-0.2, 0) is 0 Å². The maximum atomic E-state index is 7.71. The predicted molar refractivity (Wildman–Crippen MR) is 160 cm³/mol. The minimum atomic E-state index is 0.583. The highest BCUT2D eigenvalue weighted by molar-refractivity contribution is 6.10. The fourth-order valence-corrected chi connectivity index (χ4v) is 3.70. The van der Waals surface area contributed by atoms with Gasteiger partial charge in [0.2, 0.25) is 0 Å². The molecule has 2 aromatic carbocycles. The van der Waals surface area contributed by atoms with Crippen molar-refractivity contribution in [1.82, 2.24) is 4.57 Å². The van der Waals surface area contributed by atoms with Gasteiger partial charge >= 0.3 is 0 Å². The Morgan fingerprint density at radius 3 is 2.36 bits per heavy atom. The molecule has 36 heavy (non-hydrogen) atoms. The lowest BCUT2D eigenvalue weighted by Crippen LogP contribution is -2.03. The molecule has 0 bridgehead atoms. The third kappa shape index (κ3) is 7.09. The molecule has 0 saturated heterocycles. The van der Waals surface area contributed by atoms with Crippen LogP contribution >= 0.6 is 0 Å². The first kappa shape index (κ1) is 27.9. The molecule has 0 fully saturated rings. The molecule has 0 aliphatic heterocycles. The molecular weight excluding hydrogens is 440 g/mol. The van der Waals surface area contributed by atoms with E-state index in [4.69, 9.17) is 16.9 Å². The van der Waals surface area contributed by atoms with E-state index in [-0.39, 0.29) is 0 Å². The van der Waals surface area contributed by atoms with Crippen LogP contribution in [0.25, 0.3) is 27.5 Å². The van der Waals surface area contributed by atoms with Crippen molar-refractivity contribution in [1.29, 1.82) is 5.41 Å². The Balaban J connectivity index is 0.00000106. The first-order valence-electron chi connectivity index (χ1n) is 12.0. The van der Waals surface area contributed by atoms with Crippen molar-refractivity contribution in [2.24, 2.45) is 11.5 Å². The molecular formula is C32H38N4. The van der Waals surface area contributed by atoms with Crippen molar-refractivity contribution in [3.8, 4) is 0 Å². The van der Waals surface area contributed by atoms with Crippen LogP contribution in [0.4, 0.5) is 0 Å². The Labute approximate surface area is 215 Å². The molecule has 0 aliphatic rings. The van der Waals surface area contributed by atoms with E-state index in [1.807, 2.05) is 57.2 Å². The predicted octanol–water partition coefficient (Wildman–Crippen LogP) is 7.94. The molecule has 186 valence electrons. The Morgan fingerprint density at radius 1 is 1.03 bits per heavy atom. The second-order valence-electron chi connectivity index (χ2n) is 8.33. The van der Waals surface area contributed by atoms with E-state index in [0.29, 0.717) is 12.1 Å². The van der Waals surface area contributed by atoms with Crippen LogP contribution in [-0.4, -0.2) is 10.8 Å². The summed E-state index contributed by atoms with van der Waals surface area (Å²) in [5.74, 6) is 0. The van der Waals surface area contributed by atoms with Gasteiger partial charge < -0.3 is 21.4 Å². The van der Waals surface area contributed by atoms with E-state index < -0.39 is 0 Å². The monoisotopic (exact) mass is 478 g/mol. The highest BCUT2D eigenvalue weighted by Crippen LogP contribution is 2.33. The summed E-state index contributed by atoms with van der Waals surface area (Å²) >= 11 is 0. The van der Waals surface area contributed by atoms with E-state index in [1.54, 1.807) is 12.2 Å². The Bertz CT molecular complexity index is 1380. The summed E-state index contributed by atoms with van der Waals surface area (Å²) in [6.45, 7) is 11.8. The first-order chi connectivity index (χ1) is 17.4. The van der Waals surface area contributed by atoms with Gasteiger partial charge in [0, 0.05) is 28.4 Å². The van der Waals surface area contributed by atoms with E-state index in [2.05, 4.69) is 60.5 Å². The molecule has 4 nitrogen and oxygen atoms in total. The zero-order valence-electron chi connectivity index (χ0n) is 21.8. The summed E-state index contributed by atoms with van der Waals surface area (Å²) in [7, 11) is 0. The van der Waals surface area contributed by atoms with Gasteiger partial charge in [0.25, 0.3) is 0 Å². The lowest BCUT2D eigenvalue weighted by Gasteiger charge is -2.12. The highest BCUT2D eigenvalue weighted by atomic mass is 15.0. The molecule has 0 atom stereocenters. The Morgan fingerprint density at radius 2 is 1.72 bits per heavy atom. The molecule has 1 heterocycles. The lowest BCUT2D eigenvalue weighted by molar-refractivity contribution is 1.18. The van der Waals surface area contributed by atoms with Gasteiger partial charge in [-0.2, -0.15) is 0 Å². The normalized spacial score (nSPS) is 13.4. The summed E-state index contributed by atoms with van der Waals surface area (Å²) in [5, 5.41) is 10.1. The minimum absolute atomic E-state index is 0.583. The number of allylic oxidation sites excluding steroid dienone is 11. The zero-order valence-corrected chi connectivity index (χ0v) is 21.8. The molecule has 4 heteroatoms. The quantitative estimate of drug-likeness (QED) is 0.174. The number of fused-ring (bicyclic) bond motifs is 3. The van der Waals surface area contributed by atoms with Crippen molar-refractivity contribution in [2.75, 3.05) is 0 Å². The first-order valence-corrected chi connectivity index (χ1v) is 12.0. The van der Waals surface area contributed by atoms with Gasteiger partial charge in [-0.1, -0.05) is 72.9 Å². The van der Waals surface area contributed by atoms with Crippen LogP contribution in [0.15, 0.2) is 121 Å². The number of benzene rings is 2. The maximum Gasteiger partial charge on any atom is 0.0541 e. The summed E-state index contributed by atoms with van der Waals surface area (Å²) in [6.07, 6.45) is 18.7. The van der Waals surface area contributed by atoms with Gasteiger partial charge in [0.1, 0.15) is 0 Å². The largest absolute Gasteiger partial charge is 0.405 e. The second kappa shape index (κ2) is 14.2. The fraction of sp³-hybridized carbons (Fsp3) is 0.156. The number of nitrogens with two attached hydrogens (primary N) is 2. The van der Waals surface area contributed by atoms with Crippen molar-refractivity contribution in [3.05, 3.63) is 126 Å². The fourth-order valence-electron chi connectivity index (χ4n) is 3.70. The van der Waals surface area contributed by atoms with Crippen molar-refractivity contribution in [2.45, 2.75) is 34.1 Å². The number of hydrogen-bond donors (Lipinski definition) is 3. The molecule has 3 aromatic rings. The van der Waals surface area contributed by atoms with E-state index in [0.717, 1.165) is 27.9 Å². The number of para-hydroxylation sites is 1. The second-order valence-corrected chi connectivity index (χ2v) is 8.33. The molecule has 3 rings (SSSR count). The van der Waals surface area contributed by atoms with Crippen LogP contribution < -0.4 is 11.5 Å². The Hall–Kier alpha value is -4.31. The minimum Gasteiger partial charge on any atom is -0.405 e. The van der Waals surface area contributed by atoms with E-state index in [1.165, 1.54) is 28.8 Å². The van der Waals surface area contributed by atoms with Crippen molar-refractivity contribution < 1.29 is 0 Å². The molecule has 5 N–H and O–H groups in total.